The Bertz CT molecular complexity index is 831. The molecule has 0 amide bonds. The molecule has 10 nitrogen and oxygen atoms in total. The van der Waals surface area contributed by atoms with Gasteiger partial charge in [-0.25, -0.2) is 4.79 Å². The molecule has 1 aromatic rings. The highest BCUT2D eigenvalue weighted by Crippen LogP contribution is 2.38. The molecule has 0 spiro atoms. The summed E-state index contributed by atoms with van der Waals surface area (Å²) in [4.78, 5) is 12.5. The monoisotopic (exact) mass is 556 g/mol. The van der Waals surface area contributed by atoms with E-state index in [1.54, 1.807) is 0 Å². The second-order valence-corrected chi connectivity index (χ2v) is 10.4. The first-order valence-electron chi connectivity index (χ1n) is 14.5. The maximum Gasteiger partial charge on any atom is 0.338 e. The van der Waals surface area contributed by atoms with Crippen LogP contribution in [0.5, 0.6) is 17.2 Å². The zero-order valence-corrected chi connectivity index (χ0v) is 23.2. The fraction of sp³-hybridized carbons (Fsp3) is 0.759. The molecule has 1 aromatic carbocycles. The average Bonchev–Trinajstić information content (AvgIpc) is 2.93. The molecule has 1 fully saturated rings. The zero-order chi connectivity index (χ0) is 28.6. The van der Waals surface area contributed by atoms with E-state index in [1.165, 1.54) is 64.2 Å². The Hall–Kier alpha value is -2.11. The van der Waals surface area contributed by atoms with Crippen LogP contribution in [-0.4, -0.2) is 80.5 Å². The molecule has 39 heavy (non-hydrogen) atoms. The normalized spacial score (nSPS) is 23.1. The van der Waals surface area contributed by atoms with Gasteiger partial charge in [-0.15, -0.1) is 0 Å². The van der Waals surface area contributed by atoms with Crippen LogP contribution in [0.15, 0.2) is 12.1 Å². The number of phenolic OH excluding ortho intramolecular Hbond substituents is 2. The molecule has 0 radical (unpaired) electrons. The largest absolute Gasteiger partial charge is 0.504 e. The van der Waals surface area contributed by atoms with Gasteiger partial charge in [-0.2, -0.15) is 0 Å². The highest BCUT2D eigenvalue weighted by Gasteiger charge is 2.45. The molecule has 10 heteroatoms. The summed E-state index contributed by atoms with van der Waals surface area (Å²) < 4.78 is 15.9. The van der Waals surface area contributed by atoms with Crippen LogP contribution in [0.2, 0.25) is 0 Å². The van der Waals surface area contributed by atoms with Gasteiger partial charge in [-0.3, -0.25) is 0 Å². The number of phenols is 2. The summed E-state index contributed by atoms with van der Waals surface area (Å²) in [7, 11) is 0. The fourth-order valence-corrected chi connectivity index (χ4v) is 4.64. The molecule has 0 unspecified atom stereocenters. The molecule has 5 atom stereocenters. The van der Waals surface area contributed by atoms with Gasteiger partial charge in [0.05, 0.1) is 18.8 Å². The van der Waals surface area contributed by atoms with Crippen LogP contribution in [-0.2, 0) is 9.47 Å². The van der Waals surface area contributed by atoms with E-state index in [0.29, 0.717) is 6.42 Å². The molecule has 6 N–H and O–H groups in total. The fourth-order valence-electron chi connectivity index (χ4n) is 4.64. The molecule has 2 rings (SSSR count). The molecular formula is C29H48O10. The SMILES string of the molecule is CCCCCCCCCCCCCCCCOC(=O)c1cc(O)c(O)c(O[C@@H]2O[C@H](CO)[C@@H](O)[C@H](O)[C@H]2O)c1. The van der Waals surface area contributed by atoms with E-state index in [9.17, 15) is 35.4 Å². The Morgan fingerprint density at radius 1 is 0.795 bits per heavy atom. The molecule has 0 bridgehead atoms. The maximum absolute atomic E-state index is 12.5. The molecule has 224 valence electrons. The zero-order valence-electron chi connectivity index (χ0n) is 23.2. The molecular weight excluding hydrogens is 508 g/mol. The van der Waals surface area contributed by atoms with Gasteiger partial charge in [-0.05, 0) is 18.6 Å². The molecule has 1 heterocycles. The summed E-state index contributed by atoms with van der Waals surface area (Å²) in [5, 5.41) is 59.5. The predicted octanol–water partition coefficient (Wildman–Crippen LogP) is 3.91. The Balaban J connectivity index is 1.67. The molecule has 0 aromatic heterocycles. The molecule has 1 aliphatic heterocycles. The number of aromatic hydroxyl groups is 2. The van der Waals surface area contributed by atoms with Crippen molar-refractivity contribution in [2.24, 2.45) is 0 Å². The summed E-state index contributed by atoms with van der Waals surface area (Å²) in [5.41, 5.74) is -0.0877. The van der Waals surface area contributed by atoms with Gasteiger partial charge >= 0.3 is 5.97 Å². The smallest absolute Gasteiger partial charge is 0.338 e. The van der Waals surface area contributed by atoms with Gasteiger partial charge in [0, 0.05) is 0 Å². The lowest BCUT2D eigenvalue weighted by Crippen LogP contribution is -2.60. The first-order chi connectivity index (χ1) is 18.8. The van der Waals surface area contributed by atoms with E-state index in [-0.39, 0.29) is 12.2 Å². The Kier molecular flexibility index (Phi) is 15.5. The third-order valence-electron chi connectivity index (χ3n) is 7.11. The quantitative estimate of drug-likeness (QED) is 0.0835. The number of carbonyl (C=O) groups is 1. The molecule has 1 saturated heterocycles. The Morgan fingerprint density at radius 3 is 1.87 bits per heavy atom. The second kappa shape index (κ2) is 18.3. The van der Waals surface area contributed by atoms with E-state index >= 15 is 0 Å². The van der Waals surface area contributed by atoms with Gasteiger partial charge in [0.2, 0.25) is 12.0 Å². The van der Waals surface area contributed by atoms with Crippen molar-refractivity contribution in [1.29, 1.82) is 0 Å². The van der Waals surface area contributed by atoms with Crippen LogP contribution >= 0.6 is 0 Å². The van der Waals surface area contributed by atoms with Crippen molar-refractivity contribution in [2.45, 2.75) is 128 Å². The first kappa shape index (κ1) is 33.1. The molecule has 0 saturated carbocycles. The van der Waals surface area contributed by atoms with Crippen molar-refractivity contribution in [3.8, 4) is 17.2 Å². The number of esters is 1. The van der Waals surface area contributed by atoms with Gasteiger partial charge < -0.3 is 44.8 Å². The number of rotatable bonds is 19. The van der Waals surface area contributed by atoms with E-state index < -0.39 is 60.5 Å². The van der Waals surface area contributed by atoms with Gasteiger partial charge in [0.1, 0.15) is 24.4 Å². The number of carbonyl (C=O) groups excluding carboxylic acids is 1. The van der Waals surface area contributed by atoms with Gasteiger partial charge in [0.15, 0.2) is 11.5 Å². The second-order valence-electron chi connectivity index (χ2n) is 10.4. The molecule has 0 aliphatic carbocycles. The van der Waals surface area contributed by atoms with Crippen molar-refractivity contribution in [1.82, 2.24) is 0 Å². The van der Waals surface area contributed by atoms with Crippen molar-refractivity contribution in [2.75, 3.05) is 13.2 Å². The van der Waals surface area contributed by atoms with Crippen molar-refractivity contribution in [3.05, 3.63) is 17.7 Å². The van der Waals surface area contributed by atoms with Crippen LogP contribution in [0, 0.1) is 0 Å². The summed E-state index contributed by atoms with van der Waals surface area (Å²) in [6.07, 6.45) is 9.27. The lowest BCUT2D eigenvalue weighted by Gasteiger charge is -2.39. The Morgan fingerprint density at radius 2 is 1.33 bits per heavy atom. The number of hydrogen-bond donors (Lipinski definition) is 6. The van der Waals surface area contributed by atoms with Crippen LogP contribution in [0.25, 0.3) is 0 Å². The third-order valence-corrected chi connectivity index (χ3v) is 7.11. The van der Waals surface area contributed by atoms with Crippen molar-refractivity contribution >= 4 is 5.97 Å². The first-order valence-corrected chi connectivity index (χ1v) is 14.5. The Labute approximate surface area is 231 Å². The summed E-state index contributed by atoms with van der Waals surface area (Å²) in [6, 6.07) is 2.15. The maximum atomic E-state index is 12.5. The number of hydrogen-bond acceptors (Lipinski definition) is 10. The van der Waals surface area contributed by atoms with Gasteiger partial charge in [-0.1, -0.05) is 90.4 Å². The molecule has 1 aliphatic rings. The minimum Gasteiger partial charge on any atom is -0.504 e. The predicted molar refractivity (Wildman–Crippen MR) is 145 cm³/mol. The minimum absolute atomic E-state index is 0.0877. The lowest BCUT2D eigenvalue weighted by molar-refractivity contribution is -0.277. The number of unbranched alkanes of at least 4 members (excludes halogenated alkanes) is 13. The summed E-state index contributed by atoms with van der Waals surface area (Å²) in [6.45, 7) is 1.79. The highest BCUT2D eigenvalue weighted by molar-refractivity contribution is 5.91. The number of aliphatic hydroxyl groups excluding tert-OH is 4. The van der Waals surface area contributed by atoms with Crippen molar-refractivity contribution < 1.29 is 49.6 Å². The summed E-state index contributed by atoms with van der Waals surface area (Å²) >= 11 is 0. The van der Waals surface area contributed by atoms with Crippen LogP contribution in [0.1, 0.15) is 107 Å². The van der Waals surface area contributed by atoms with Gasteiger partial charge in [0.25, 0.3) is 0 Å². The average molecular weight is 557 g/mol. The number of aliphatic hydroxyl groups is 4. The van der Waals surface area contributed by atoms with Crippen LogP contribution in [0.3, 0.4) is 0 Å². The van der Waals surface area contributed by atoms with Crippen molar-refractivity contribution in [3.63, 3.8) is 0 Å². The van der Waals surface area contributed by atoms with Crippen LogP contribution in [0.4, 0.5) is 0 Å². The number of ether oxygens (including phenoxy) is 3. The van der Waals surface area contributed by atoms with Crippen LogP contribution < -0.4 is 4.74 Å². The minimum atomic E-state index is -1.72. The van der Waals surface area contributed by atoms with E-state index in [2.05, 4.69) is 6.92 Å². The number of benzene rings is 1. The van der Waals surface area contributed by atoms with E-state index in [0.717, 1.165) is 31.4 Å². The summed E-state index contributed by atoms with van der Waals surface area (Å²) in [5.74, 6) is -2.49. The lowest BCUT2D eigenvalue weighted by atomic mass is 9.99. The van der Waals surface area contributed by atoms with E-state index in [1.807, 2.05) is 0 Å². The standard InChI is InChI=1S/C29H48O10/c1-2-3-4-5-6-7-8-9-10-11-12-13-14-15-16-37-28(36)20-17-21(31)24(32)22(18-20)38-29-27(35)26(34)25(33)23(19-30)39-29/h17-18,23,25-27,29-35H,2-16,19H2,1H3/t23-,25-,26+,27-,29-/m1/s1. The topological polar surface area (TPSA) is 166 Å². The highest BCUT2D eigenvalue weighted by atomic mass is 16.7. The van der Waals surface area contributed by atoms with E-state index in [4.69, 9.17) is 14.2 Å². The third kappa shape index (κ3) is 11.1.